The number of ketones is 1. The Balaban J connectivity index is 2.22. The van der Waals surface area contributed by atoms with Gasteiger partial charge in [-0.1, -0.05) is 0 Å². The summed E-state index contributed by atoms with van der Waals surface area (Å²) >= 11 is 0. The third kappa shape index (κ3) is 3.17. The predicted molar refractivity (Wildman–Crippen MR) is 75.6 cm³/mol. The van der Waals surface area contributed by atoms with E-state index in [-0.39, 0.29) is 31.0 Å². The van der Waals surface area contributed by atoms with Crippen LogP contribution in [0, 0.1) is 11.3 Å². The number of carboxylic acids is 1. The van der Waals surface area contributed by atoms with Crippen molar-refractivity contribution in [3.8, 4) is 0 Å². The lowest BCUT2D eigenvalue weighted by Gasteiger charge is -2.41. The van der Waals surface area contributed by atoms with E-state index in [1.54, 1.807) is 20.8 Å². The van der Waals surface area contributed by atoms with Crippen LogP contribution >= 0.6 is 0 Å². The molecule has 0 aromatic rings. The molecule has 2 aliphatic rings. The minimum Gasteiger partial charge on any atom is -0.481 e. The van der Waals surface area contributed by atoms with Crippen molar-refractivity contribution in [3.05, 3.63) is 11.6 Å². The van der Waals surface area contributed by atoms with Crippen LogP contribution < -0.4 is 0 Å². The normalized spacial score (nSPS) is 29.4. The van der Waals surface area contributed by atoms with Crippen molar-refractivity contribution in [1.82, 2.24) is 0 Å². The van der Waals surface area contributed by atoms with Gasteiger partial charge in [0.05, 0.1) is 11.3 Å². The van der Waals surface area contributed by atoms with Gasteiger partial charge in [-0.3, -0.25) is 14.4 Å². The van der Waals surface area contributed by atoms with Crippen molar-refractivity contribution < 1.29 is 24.2 Å². The Morgan fingerprint density at radius 3 is 2.57 bits per heavy atom. The summed E-state index contributed by atoms with van der Waals surface area (Å²) in [7, 11) is 0. The summed E-state index contributed by atoms with van der Waals surface area (Å²) < 4.78 is 5.38. The fourth-order valence-electron chi connectivity index (χ4n) is 3.22. The Labute approximate surface area is 124 Å². The number of carbonyl (C=O) groups excluding carboxylic acids is 2. The molecule has 0 aliphatic heterocycles. The molecule has 5 heteroatoms. The number of hydrogen-bond donors (Lipinski definition) is 1. The fraction of sp³-hybridized carbons (Fsp3) is 0.688. The van der Waals surface area contributed by atoms with Gasteiger partial charge >= 0.3 is 11.9 Å². The Kier molecular flexibility index (Phi) is 3.95. The molecular weight excluding hydrogens is 272 g/mol. The van der Waals surface area contributed by atoms with E-state index in [0.717, 1.165) is 0 Å². The lowest BCUT2D eigenvalue weighted by molar-refractivity contribution is -0.164. The number of ether oxygens (including phenoxy) is 1. The molecule has 1 saturated carbocycles. The second-order valence-corrected chi connectivity index (χ2v) is 7.00. The second-order valence-electron chi connectivity index (χ2n) is 7.00. The number of aliphatic carboxylic acids is 1. The van der Waals surface area contributed by atoms with Crippen molar-refractivity contribution in [2.75, 3.05) is 0 Å². The summed E-state index contributed by atoms with van der Waals surface area (Å²) in [5.74, 6) is -1.70. The van der Waals surface area contributed by atoms with Gasteiger partial charge in [0.1, 0.15) is 5.60 Å². The summed E-state index contributed by atoms with van der Waals surface area (Å²) in [5, 5.41) is 9.64. The first kappa shape index (κ1) is 15.7. The summed E-state index contributed by atoms with van der Waals surface area (Å²) in [6.07, 6.45) is 3.24. The summed E-state index contributed by atoms with van der Waals surface area (Å²) in [4.78, 5) is 35.5. The molecular formula is C16H22O5. The van der Waals surface area contributed by atoms with Gasteiger partial charge in [-0.05, 0) is 58.1 Å². The quantitative estimate of drug-likeness (QED) is 0.791. The van der Waals surface area contributed by atoms with E-state index in [4.69, 9.17) is 4.74 Å². The molecule has 0 radical (unpaired) electrons. The molecule has 116 valence electrons. The molecule has 21 heavy (non-hydrogen) atoms. The average Bonchev–Trinajstić information content (AvgIpc) is 2.35. The summed E-state index contributed by atoms with van der Waals surface area (Å²) in [6.45, 7) is 5.39. The van der Waals surface area contributed by atoms with Crippen LogP contribution in [0.25, 0.3) is 0 Å². The SMILES string of the molecule is CC(C)(C)OC(=O)[C@@H]1CCC2=CC(=O)CCC2(C(=O)O)C1. The van der Waals surface area contributed by atoms with Gasteiger partial charge in [0.2, 0.25) is 0 Å². The van der Waals surface area contributed by atoms with Crippen LogP contribution in [0.2, 0.25) is 0 Å². The zero-order chi connectivity index (χ0) is 15.8. The van der Waals surface area contributed by atoms with Crippen LogP contribution in [0.15, 0.2) is 11.6 Å². The van der Waals surface area contributed by atoms with Crippen molar-refractivity contribution in [3.63, 3.8) is 0 Å². The lowest BCUT2D eigenvalue weighted by Crippen LogP contribution is -2.44. The van der Waals surface area contributed by atoms with Crippen LogP contribution in [0.1, 0.15) is 52.9 Å². The van der Waals surface area contributed by atoms with Crippen molar-refractivity contribution in [2.24, 2.45) is 11.3 Å². The lowest BCUT2D eigenvalue weighted by atomic mass is 9.61. The van der Waals surface area contributed by atoms with Crippen LogP contribution in [0.5, 0.6) is 0 Å². The molecule has 5 nitrogen and oxygen atoms in total. The second kappa shape index (κ2) is 5.28. The Morgan fingerprint density at radius 2 is 2.00 bits per heavy atom. The van der Waals surface area contributed by atoms with Crippen molar-refractivity contribution >= 4 is 17.7 Å². The predicted octanol–water partition coefficient (Wildman–Crippen LogP) is 2.49. The van der Waals surface area contributed by atoms with E-state index >= 15 is 0 Å². The number of carboxylic acid groups (broad SMARTS) is 1. The topological polar surface area (TPSA) is 80.7 Å². The monoisotopic (exact) mass is 294 g/mol. The Hall–Kier alpha value is -1.65. The number of hydrogen-bond acceptors (Lipinski definition) is 4. The third-order valence-electron chi connectivity index (χ3n) is 4.25. The van der Waals surface area contributed by atoms with Crippen LogP contribution in [0.3, 0.4) is 0 Å². The smallest absolute Gasteiger partial charge is 0.313 e. The Bertz CT molecular complexity index is 511. The summed E-state index contributed by atoms with van der Waals surface area (Å²) in [5.41, 5.74) is -0.967. The number of rotatable bonds is 2. The first-order valence-electron chi connectivity index (χ1n) is 7.34. The van der Waals surface area contributed by atoms with Crippen molar-refractivity contribution in [1.29, 1.82) is 0 Å². The maximum atomic E-state index is 12.2. The molecule has 0 amide bonds. The minimum absolute atomic E-state index is 0.0161. The molecule has 0 bridgehead atoms. The molecule has 2 aliphatic carbocycles. The molecule has 0 saturated heterocycles. The largest absolute Gasteiger partial charge is 0.481 e. The van der Waals surface area contributed by atoms with E-state index in [1.807, 2.05) is 0 Å². The van der Waals surface area contributed by atoms with Crippen LogP contribution in [-0.2, 0) is 19.1 Å². The molecule has 0 aromatic heterocycles. The van der Waals surface area contributed by atoms with Crippen molar-refractivity contribution in [2.45, 2.75) is 58.5 Å². The number of fused-ring (bicyclic) bond motifs is 1. The molecule has 1 fully saturated rings. The first-order valence-corrected chi connectivity index (χ1v) is 7.34. The van der Waals surface area contributed by atoms with E-state index < -0.39 is 22.9 Å². The Morgan fingerprint density at radius 1 is 1.33 bits per heavy atom. The number of carbonyl (C=O) groups is 3. The zero-order valence-electron chi connectivity index (χ0n) is 12.8. The van der Waals surface area contributed by atoms with Gasteiger partial charge in [0.25, 0.3) is 0 Å². The zero-order valence-corrected chi connectivity index (χ0v) is 12.8. The van der Waals surface area contributed by atoms with E-state index in [0.29, 0.717) is 18.4 Å². The highest BCUT2D eigenvalue weighted by Gasteiger charge is 2.50. The van der Waals surface area contributed by atoms with Gasteiger partial charge in [-0.25, -0.2) is 0 Å². The van der Waals surface area contributed by atoms with Gasteiger partial charge in [-0.2, -0.15) is 0 Å². The third-order valence-corrected chi connectivity index (χ3v) is 4.25. The molecule has 0 aromatic carbocycles. The maximum absolute atomic E-state index is 12.2. The average molecular weight is 294 g/mol. The van der Waals surface area contributed by atoms with Gasteiger partial charge in [0.15, 0.2) is 5.78 Å². The summed E-state index contributed by atoms with van der Waals surface area (Å²) in [6, 6.07) is 0. The maximum Gasteiger partial charge on any atom is 0.313 e. The molecule has 1 unspecified atom stereocenters. The highest BCUT2D eigenvalue weighted by molar-refractivity contribution is 5.95. The highest BCUT2D eigenvalue weighted by Crippen LogP contribution is 2.49. The molecule has 2 atom stereocenters. The standard InChI is InChI=1S/C16H22O5/c1-15(2,3)21-13(18)10-4-5-11-8-12(17)6-7-16(11,9-10)14(19)20/h8,10H,4-7,9H2,1-3H3,(H,19,20)/t10-,16?/m1/s1. The first-order chi connectivity index (χ1) is 9.64. The van der Waals surface area contributed by atoms with Gasteiger partial charge < -0.3 is 9.84 Å². The highest BCUT2D eigenvalue weighted by atomic mass is 16.6. The van der Waals surface area contributed by atoms with E-state index in [9.17, 15) is 19.5 Å². The van der Waals surface area contributed by atoms with Gasteiger partial charge in [-0.15, -0.1) is 0 Å². The van der Waals surface area contributed by atoms with E-state index in [1.165, 1.54) is 6.08 Å². The van der Waals surface area contributed by atoms with Crippen LogP contribution in [0.4, 0.5) is 0 Å². The fourth-order valence-corrected chi connectivity index (χ4v) is 3.22. The van der Waals surface area contributed by atoms with E-state index in [2.05, 4.69) is 0 Å². The minimum atomic E-state index is -1.06. The number of allylic oxidation sites excluding steroid dienone is 1. The molecule has 1 N–H and O–H groups in total. The van der Waals surface area contributed by atoms with Gasteiger partial charge in [0, 0.05) is 6.42 Å². The molecule has 2 rings (SSSR count). The molecule has 0 heterocycles. The number of esters is 1. The van der Waals surface area contributed by atoms with Crippen LogP contribution in [-0.4, -0.2) is 28.4 Å². The molecule has 0 spiro atoms.